The molecule has 2 aromatic heterocycles. The Kier molecular flexibility index (Phi) is 3.06. The van der Waals surface area contributed by atoms with Crippen molar-refractivity contribution in [2.75, 3.05) is 14.2 Å². The minimum Gasteiger partial charge on any atom is -0.497 e. The number of ether oxygens (including phenoxy) is 2. The summed E-state index contributed by atoms with van der Waals surface area (Å²) >= 11 is 0. The van der Waals surface area contributed by atoms with Gasteiger partial charge in [0, 0.05) is 34.5 Å². The molecule has 0 saturated carbocycles. The third kappa shape index (κ3) is 1.90. The molecule has 4 nitrogen and oxygen atoms in total. The Bertz CT molecular complexity index is 762. The van der Waals surface area contributed by atoms with Gasteiger partial charge in [-0.3, -0.25) is 0 Å². The van der Waals surface area contributed by atoms with Crippen molar-refractivity contribution in [3.05, 3.63) is 42.2 Å². The van der Waals surface area contributed by atoms with Gasteiger partial charge in [-0.1, -0.05) is 0 Å². The predicted molar refractivity (Wildman–Crippen MR) is 79.4 cm³/mol. The topological polar surface area (TPSA) is 47.1 Å². The number of pyridine rings is 1. The van der Waals surface area contributed by atoms with Crippen molar-refractivity contribution in [2.24, 2.45) is 0 Å². The van der Waals surface area contributed by atoms with E-state index in [1.165, 1.54) is 0 Å². The molecule has 3 aromatic rings. The number of benzene rings is 1. The SMILES string of the molecule is COc1ccc(-c2c(C)[nH]c3ncccc23)c(OC)c1. The van der Waals surface area contributed by atoms with Crippen molar-refractivity contribution >= 4 is 11.0 Å². The van der Waals surface area contributed by atoms with E-state index < -0.39 is 0 Å². The number of aromatic amines is 1. The third-order valence-electron chi connectivity index (χ3n) is 3.44. The van der Waals surface area contributed by atoms with Gasteiger partial charge in [-0.15, -0.1) is 0 Å². The van der Waals surface area contributed by atoms with Crippen LogP contribution in [0.1, 0.15) is 5.69 Å². The fourth-order valence-electron chi connectivity index (χ4n) is 2.50. The fourth-order valence-corrected chi connectivity index (χ4v) is 2.50. The van der Waals surface area contributed by atoms with E-state index >= 15 is 0 Å². The molecule has 0 spiro atoms. The van der Waals surface area contributed by atoms with Crippen molar-refractivity contribution in [1.82, 2.24) is 9.97 Å². The van der Waals surface area contributed by atoms with E-state index in [9.17, 15) is 0 Å². The maximum absolute atomic E-state index is 5.50. The molecule has 0 aliphatic carbocycles. The first-order chi connectivity index (χ1) is 9.74. The van der Waals surface area contributed by atoms with Crippen LogP contribution >= 0.6 is 0 Å². The summed E-state index contributed by atoms with van der Waals surface area (Å²) in [6, 6.07) is 9.84. The van der Waals surface area contributed by atoms with Gasteiger partial charge in [-0.2, -0.15) is 0 Å². The number of aromatic nitrogens is 2. The van der Waals surface area contributed by atoms with Crippen LogP contribution in [0.2, 0.25) is 0 Å². The van der Waals surface area contributed by atoms with E-state index in [-0.39, 0.29) is 0 Å². The summed E-state index contributed by atoms with van der Waals surface area (Å²) in [4.78, 5) is 7.66. The zero-order valence-electron chi connectivity index (χ0n) is 11.7. The molecule has 0 atom stereocenters. The zero-order chi connectivity index (χ0) is 14.1. The third-order valence-corrected chi connectivity index (χ3v) is 3.44. The minimum absolute atomic E-state index is 0.779. The Morgan fingerprint density at radius 1 is 1.10 bits per heavy atom. The molecule has 0 aliphatic heterocycles. The van der Waals surface area contributed by atoms with Crippen LogP contribution in [0.5, 0.6) is 11.5 Å². The van der Waals surface area contributed by atoms with Crippen LogP contribution in [0.4, 0.5) is 0 Å². The van der Waals surface area contributed by atoms with Crippen molar-refractivity contribution in [3.8, 4) is 22.6 Å². The predicted octanol–water partition coefficient (Wildman–Crippen LogP) is 3.56. The van der Waals surface area contributed by atoms with E-state index in [1.807, 2.05) is 31.2 Å². The van der Waals surface area contributed by atoms with E-state index in [4.69, 9.17) is 9.47 Å². The summed E-state index contributed by atoms with van der Waals surface area (Å²) < 4.78 is 10.7. The lowest BCUT2D eigenvalue weighted by molar-refractivity contribution is 0.395. The number of hydrogen-bond acceptors (Lipinski definition) is 3. The molecule has 3 rings (SSSR count). The first kappa shape index (κ1) is 12.5. The lowest BCUT2D eigenvalue weighted by Gasteiger charge is -2.10. The van der Waals surface area contributed by atoms with Crippen LogP contribution < -0.4 is 9.47 Å². The van der Waals surface area contributed by atoms with E-state index in [1.54, 1.807) is 20.4 Å². The van der Waals surface area contributed by atoms with Gasteiger partial charge in [0.25, 0.3) is 0 Å². The van der Waals surface area contributed by atoms with E-state index in [0.29, 0.717) is 0 Å². The van der Waals surface area contributed by atoms with Crippen molar-refractivity contribution < 1.29 is 9.47 Å². The first-order valence-electron chi connectivity index (χ1n) is 6.40. The maximum Gasteiger partial charge on any atom is 0.138 e. The van der Waals surface area contributed by atoms with Crippen LogP contribution in [-0.4, -0.2) is 24.2 Å². The summed E-state index contributed by atoms with van der Waals surface area (Å²) in [6.45, 7) is 2.04. The van der Waals surface area contributed by atoms with E-state index in [0.717, 1.165) is 39.4 Å². The summed E-state index contributed by atoms with van der Waals surface area (Å²) in [5.74, 6) is 1.57. The Morgan fingerprint density at radius 2 is 1.95 bits per heavy atom. The highest BCUT2D eigenvalue weighted by Gasteiger charge is 2.15. The largest absolute Gasteiger partial charge is 0.497 e. The molecule has 1 N–H and O–H groups in total. The lowest BCUT2D eigenvalue weighted by atomic mass is 10.0. The molecule has 1 aromatic carbocycles. The number of hydrogen-bond donors (Lipinski definition) is 1. The lowest BCUT2D eigenvalue weighted by Crippen LogP contribution is -1.91. The average Bonchev–Trinajstić information content (AvgIpc) is 2.82. The molecule has 20 heavy (non-hydrogen) atoms. The molecule has 0 unspecified atom stereocenters. The van der Waals surface area contributed by atoms with Crippen LogP contribution in [0, 0.1) is 6.92 Å². The molecule has 0 saturated heterocycles. The molecular weight excluding hydrogens is 252 g/mol. The Morgan fingerprint density at radius 3 is 2.70 bits per heavy atom. The van der Waals surface area contributed by atoms with Crippen molar-refractivity contribution in [3.63, 3.8) is 0 Å². The molecular formula is C16H16N2O2. The highest BCUT2D eigenvalue weighted by Crippen LogP contribution is 2.38. The fraction of sp³-hybridized carbons (Fsp3) is 0.188. The quantitative estimate of drug-likeness (QED) is 0.790. The van der Waals surface area contributed by atoms with Gasteiger partial charge in [0.15, 0.2) is 0 Å². The highest BCUT2D eigenvalue weighted by molar-refractivity contribution is 5.97. The van der Waals surface area contributed by atoms with E-state index in [2.05, 4.69) is 16.0 Å². The first-order valence-corrected chi connectivity index (χ1v) is 6.40. The summed E-state index contributed by atoms with van der Waals surface area (Å²) in [5.41, 5.74) is 4.11. The number of nitrogens with one attached hydrogen (secondary N) is 1. The molecule has 0 radical (unpaired) electrons. The minimum atomic E-state index is 0.779. The zero-order valence-corrected chi connectivity index (χ0v) is 11.7. The number of fused-ring (bicyclic) bond motifs is 1. The molecule has 0 fully saturated rings. The maximum atomic E-state index is 5.50. The number of methoxy groups -OCH3 is 2. The Labute approximate surface area is 117 Å². The number of aryl methyl sites for hydroxylation is 1. The van der Waals surface area contributed by atoms with Gasteiger partial charge in [-0.05, 0) is 31.2 Å². The molecule has 0 amide bonds. The molecule has 102 valence electrons. The van der Waals surface area contributed by atoms with Crippen molar-refractivity contribution in [2.45, 2.75) is 6.92 Å². The summed E-state index contributed by atoms with van der Waals surface area (Å²) in [6.07, 6.45) is 1.79. The number of rotatable bonds is 3. The van der Waals surface area contributed by atoms with Gasteiger partial charge in [0.2, 0.25) is 0 Å². The van der Waals surface area contributed by atoms with Gasteiger partial charge >= 0.3 is 0 Å². The summed E-state index contributed by atoms with van der Waals surface area (Å²) in [5, 5.41) is 1.09. The molecule has 0 aliphatic rings. The second-order valence-electron chi connectivity index (χ2n) is 4.59. The monoisotopic (exact) mass is 268 g/mol. The van der Waals surface area contributed by atoms with Crippen LogP contribution in [0.25, 0.3) is 22.2 Å². The van der Waals surface area contributed by atoms with Gasteiger partial charge in [-0.25, -0.2) is 4.98 Å². The Hall–Kier alpha value is -2.49. The smallest absolute Gasteiger partial charge is 0.138 e. The average molecular weight is 268 g/mol. The molecule has 4 heteroatoms. The second kappa shape index (κ2) is 4.89. The van der Waals surface area contributed by atoms with Crippen LogP contribution in [0.3, 0.4) is 0 Å². The Balaban J connectivity index is 2.28. The van der Waals surface area contributed by atoms with Gasteiger partial charge < -0.3 is 14.5 Å². The number of nitrogens with zero attached hydrogens (tertiary/aromatic N) is 1. The van der Waals surface area contributed by atoms with Crippen LogP contribution in [0.15, 0.2) is 36.5 Å². The van der Waals surface area contributed by atoms with Crippen LogP contribution in [-0.2, 0) is 0 Å². The van der Waals surface area contributed by atoms with Gasteiger partial charge in [0.05, 0.1) is 14.2 Å². The highest BCUT2D eigenvalue weighted by atomic mass is 16.5. The van der Waals surface area contributed by atoms with Crippen molar-refractivity contribution in [1.29, 1.82) is 0 Å². The summed E-state index contributed by atoms with van der Waals surface area (Å²) in [7, 11) is 3.32. The standard InChI is InChI=1S/C16H16N2O2/c1-10-15(13-5-4-8-17-16(13)18-10)12-7-6-11(19-2)9-14(12)20-3/h4-9H,1-3H3,(H,17,18). The normalized spacial score (nSPS) is 10.8. The van der Waals surface area contributed by atoms with Gasteiger partial charge in [0.1, 0.15) is 17.1 Å². The molecule has 2 heterocycles. The number of H-pyrrole nitrogens is 1. The second-order valence-corrected chi connectivity index (χ2v) is 4.59. The molecule has 0 bridgehead atoms.